The fourth-order valence-corrected chi connectivity index (χ4v) is 8.87. The summed E-state index contributed by atoms with van der Waals surface area (Å²) >= 11 is 4.78. The topological polar surface area (TPSA) is 68.7 Å². The van der Waals surface area contributed by atoms with E-state index in [1.807, 2.05) is 12.1 Å². The van der Waals surface area contributed by atoms with Crippen LogP contribution in [0.3, 0.4) is 0 Å². The number of hydrogen-bond acceptors (Lipinski definition) is 7. The second-order valence-corrected chi connectivity index (χ2v) is 12.6. The Balaban J connectivity index is 1.49. The van der Waals surface area contributed by atoms with Gasteiger partial charge < -0.3 is 4.79 Å². The number of carbonyl (C=O) groups is 1. The molecule has 0 N–H and O–H groups in total. The monoisotopic (exact) mass is 538 g/mol. The number of fused-ring (bicyclic) bond motifs is 8. The number of allylic oxidation sites excluding steroid dienone is 1. The molecule has 0 atom stereocenters. The third-order valence-corrected chi connectivity index (χ3v) is 10.5. The first kappa shape index (κ1) is 21.4. The molecule has 8 rings (SSSR count). The number of carbonyl (C=O) groups excluding carboxylic acids is 1. The van der Waals surface area contributed by atoms with Crippen LogP contribution in [-0.2, 0) is 17.6 Å². The standard InChI is InChI=1S/C28H18N4O2S3/c1-3-4-6-14-11-18-26(35-14)30-25-22-20-16(13(2)31(18)25)8-9-17-21(20)23(37-22)28(34)32-19-12-15(7-5-10-33)36-27(19)29-24(17)32/h3,8-12H,1-2,4-7H2. The van der Waals surface area contributed by atoms with Crippen LogP contribution in [0, 0.1) is 0 Å². The van der Waals surface area contributed by atoms with Crippen LogP contribution in [0.4, 0.5) is 0 Å². The number of hydrogen-bond donors (Lipinski definition) is 0. The van der Waals surface area contributed by atoms with Gasteiger partial charge in [0.1, 0.15) is 26.3 Å². The van der Waals surface area contributed by atoms with Crippen LogP contribution in [-0.4, -0.2) is 25.1 Å². The highest BCUT2D eigenvalue weighted by molar-refractivity contribution is 7.27. The third kappa shape index (κ3) is 2.68. The Morgan fingerprint density at radius 1 is 0.838 bits per heavy atom. The average molecular weight is 539 g/mol. The van der Waals surface area contributed by atoms with Gasteiger partial charge in [-0.3, -0.25) is 13.6 Å². The van der Waals surface area contributed by atoms with Crippen LogP contribution in [0.25, 0.3) is 69.5 Å². The zero-order chi connectivity index (χ0) is 25.0. The highest BCUT2D eigenvalue weighted by atomic mass is 32.1. The maximum atomic E-state index is 13.9. The molecule has 0 aliphatic carbocycles. The molecule has 0 saturated heterocycles. The summed E-state index contributed by atoms with van der Waals surface area (Å²) in [4.78, 5) is 38.9. The first-order chi connectivity index (χ1) is 18.1. The maximum absolute atomic E-state index is 13.9. The number of nitrogens with zero attached hydrogens (tertiary/aromatic N) is 4. The third-order valence-electron chi connectivity index (χ3n) is 7.20. The van der Waals surface area contributed by atoms with Crippen molar-refractivity contribution in [1.82, 2.24) is 18.8 Å². The predicted molar refractivity (Wildman–Crippen MR) is 156 cm³/mol. The molecule has 37 heavy (non-hydrogen) atoms. The largest absolute Gasteiger partial charge is 0.303 e. The molecule has 6 nitrogen and oxygen atoms in total. The van der Waals surface area contributed by atoms with Gasteiger partial charge in [0.25, 0.3) is 5.56 Å². The zero-order valence-corrected chi connectivity index (χ0v) is 22.0. The van der Waals surface area contributed by atoms with E-state index >= 15 is 0 Å². The van der Waals surface area contributed by atoms with E-state index < -0.39 is 0 Å². The molecule has 0 aliphatic heterocycles. The van der Waals surface area contributed by atoms with Crippen molar-refractivity contribution in [1.29, 1.82) is 0 Å². The Morgan fingerprint density at radius 2 is 1.49 bits per heavy atom. The smallest absolute Gasteiger partial charge is 0.274 e. The quantitative estimate of drug-likeness (QED) is 0.146. The van der Waals surface area contributed by atoms with Crippen molar-refractivity contribution >= 4 is 110 Å². The zero-order valence-electron chi connectivity index (χ0n) is 19.5. The Hall–Kier alpha value is -3.66. The Labute approximate surface area is 220 Å². The van der Waals surface area contributed by atoms with Crippen molar-refractivity contribution in [3.63, 3.8) is 0 Å². The molecule has 7 aromatic heterocycles. The molecule has 7 heterocycles. The predicted octanol–water partition coefficient (Wildman–Crippen LogP) is 6.11. The molecule has 0 amide bonds. The van der Waals surface area contributed by atoms with Gasteiger partial charge in [0.2, 0.25) is 0 Å². The van der Waals surface area contributed by atoms with Gasteiger partial charge in [0.15, 0.2) is 5.65 Å². The molecular formula is C28H18N4O2S3. The summed E-state index contributed by atoms with van der Waals surface area (Å²) in [5.74, 6) is 0. The van der Waals surface area contributed by atoms with Crippen LogP contribution in [0.2, 0.25) is 0 Å². The molecule has 0 radical (unpaired) electrons. The lowest BCUT2D eigenvalue weighted by Gasteiger charge is -2.06. The fourth-order valence-electron chi connectivity index (χ4n) is 5.58. The minimum Gasteiger partial charge on any atom is -0.303 e. The first-order valence-corrected chi connectivity index (χ1v) is 14.5. The lowest BCUT2D eigenvalue weighted by atomic mass is 10.0. The van der Waals surface area contributed by atoms with Crippen LogP contribution >= 0.6 is 34.0 Å². The van der Waals surface area contributed by atoms with Crippen molar-refractivity contribution in [3.05, 3.63) is 62.4 Å². The summed E-state index contributed by atoms with van der Waals surface area (Å²) in [6.45, 7) is 8.31. The van der Waals surface area contributed by atoms with Gasteiger partial charge in [-0.15, -0.1) is 40.6 Å². The fraction of sp³-hybridized carbons (Fsp3) is 0.143. The summed E-state index contributed by atoms with van der Waals surface area (Å²) in [5, 5.41) is 4.90. The molecule has 0 spiro atoms. The van der Waals surface area contributed by atoms with Crippen LogP contribution in [0.5, 0.6) is 0 Å². The van der Waals surface area contributed by atoms with Crippen molar-refractivity contribution in [2.75, 3.05) is 0 Å². The van der Waals surface area contributed by atoms with Gasteiger partial charge in [-0.1, -0.05) is 18.7 Å². The second kappa shape index (κ2) is 7.44. The van der Waals surface area contributed by atoms with E-state index in [1.165, 1.54) is 16.2 Å². The van der Waals surface area contributed by atoms with Crippen LogP contribution < -0.4 is 10.9 Å². The lowest BCUT2D eigenvalue weighted by molar-refractivity contribution is -0.107. The van der Waals surface area contributed by atoms with Gasteiger partial charge in [0.05, 0.1) is 15.7 Å². The lowest BCUT2D eigenvalue weighted by Crippen LogP contribution is -2.13. The normalized spacial score (nSPS) is 12.6. The molecule has 1 aromatic carbocycles. The van der Waals surface area contributed by atoms with Crippen molar-refractivity contribution in [2.24, 2.45) is 0 Å². The number of pyridine rings is 2. The summed E-state index contributed by atoms with van der Waals surface area (Å²) in [6.07, 6.45) is 5.88. The highest BCUT2D eigenvalue weighted by Gasteiger charge is 2.24. The van der Waals surface area contributed by atoms with Crippen molar-refractivity contribution in [3.8, 4) is 0 Å². The summed E-state index contributed by atoms with van der Waals surface area (Å²) < 4.78 is 5.63. The summed E-state index contributed by atoms with van der Waals surface area (Å²) in [5.41, 5.74) is 3.37. The molecule has 9 heteroatoms. The van der Waals surface area contributed by atoms with E-state index in [9.17, 15) is 9.59 Å². The molecule has 0 fully saturated rings. The average Bonchev–Trinajstić information content (AvgIpc) is 3.68. The van der Waals surface area contributed by atoms with Gasteiger partial charge >= 0.3 is 0 Å². The molecule has 180 valence electrons. The number of thiophene rings is 3. The number of aryl methyl sites for hydroxylation is 2. The van der Waals surface area contributed by atoms with E-state index in [0.717, 1.165) is 81.9 Å². The number of aldehydes is 1. The Bertz CT molecular complexity index is 2350. The maximum Gasteiger partial charge on any atom is 0.274 e. The molecular weight excluding hydrogens is 521 g/mol. The molecule has 0 saturated carbocycles. The summed E-state index contributed by atoms with van der Waals surface area (Å²) in [7, 11) is 0. The van der Waals surface area contributed by atoms with Crippen molar-refractivity contribution in [2.45, 2.75) is 25.7 Å². The minimum absolute atomic E-state index is 0.0534. The van der Waals surface area contributed by atoms with Crippen molar-refractivity contribution < 1.29 is 4.79 Å². The van der Waals surface area contributed by atoms with Gasteiger partial charge in [-0.25, -0.2) is 9.97 Å². The van der Waals surface area contributed by atoms with Gasteiger partial charge in [-0.2, -0.15) is 0 Å². The van der Waals surface area contributed by atoms with Gasteiger partial charge in [-0.05, 0) is 37.5 Å². The summed E-state index contributed by atoms with van der Waals surface area (Å²) in [6, 6.07) is 8.41. The first-order valence-electron chi connectivity index (χ1n) is 12.0. The Kier molecular flexibility index (Phi) is 4.31. The van der Waals surface area contributed by atoms with Crippen LogP contribution in [0.1, 0.15) is 22.6 Å². The van der Waals surface area contributed by atoms with E-state index in [4.69, 9.17) is 9.97 Å². The molecule has 0 aliphatic rings. The number of aromatic nitrogens is 4. The van der Waals surface area contributed by atoms with E-state index in [2.05, 4.69) is 35.8 Å². The van der Waals surface area contributed by atoms with E-state index in [0.29, 0.717) is 23.2 Å². The van der Waals surface area contributed by atoms with Crippen LogP contribution in [0.15, 0.2) is 41.7 Å². The number of imidazole rings is 2. The van der Waals surface area contributed by atoms with E-state index in [1.54, 1.807) is 27.1 Å². The Morgan fingerprint density at radius 3 is 2.22 bits per heavy atom. The number of rotatable bonds is 6. The SMILES string of the molecule is C=CCCc1cc2c(nc3c4sc5c(=O)n6c7cc(CCC=O)sc7nc6c6ccc(c(=C)n23)c4c56)s1. The van der Waals surface area contributed by atoms with E-state index in [-0.39, 0.29) is 5.56 Å². The molecule has 0 unspecified atom stereocenters. The highest BCUT2D eigenvalue weighted by Crippen LogP contribution is 2.43. The number of benzene rings is 1. The molecule has 8 aromatic rings. The van der Waals surface area contributed by atoms with Gasteiger partial charge in [0, 0.05) is 43.1 Å². The molecule has 0 bridgehead atoms. The second-order valence-electron chi connectivity index (χ2n) is 9.30. The minimum atomic E-state index is -0.0534.